The van der Waals surface area contributed by atoms with Crippen molar-refractivity contribution in [1.29, 1.82) is 0 Å². The van der Waals surface area contributed by atoms with E-state index in [4.69, 9.17) is 4.74 Å². The van der Waals surface area contributed by atoms with Crippen LogP contribution in [0.25, 0.3) is 0 Å². The molecule has 1 aliphatic heterocycles. The van der Waals surface area contributed by atoms with E-state index in [9.17, 15) is 4.79 Å². The largest absolute Gasteiger partial charge is 0.360 e. The predicted octanol–water partition coefficient (Wildman–Crippen LogP) is 11.3. The molecule has 2 nitrogen and oxygen atoms in total. The summed E-state index contributed by atoms with van der Waals surface area (Å²) in [5, 5.41) is 0. The molecule has 0 spiro atoms. The maximum absolute atomic E-state index is 11.9. The number of ether oxygens (including phenoxy) is 1. The molecule has 0 fully saturated rings. The fourth-order valence-corrected chi connectivity index (χ4v) is 4.14. The first kappa shape index (κ1) is 36.5. The average molecular weight is 567 g/mol. The van der Waals surface area contributed by atoms with Gasteiger partial charge in [-0.2, -0.15) is 0 Å². The molecule has 2 unspecified atom stereocenters. The summed E-state index contributed by atoms with van der Waals surface area (Å²) in [7, 11) is 0. The molecule has 226 valence electrons. The molecule has 0 aromatic rings. The minimum Gasteiger partial charge on any atom is -0.360 e. The number of hydrogen-bond acceptors (Lipinski definition) is 2. The van der Waals surface area contributed by atoms with Gasteiger partial charge < -0.3 is 4.74 Å². The van der Waals surface area contributed by atoms with Gasteiger partial charge in [0.05, 0.1) is 11.7 Å². The number of allylic oxidation sites excluding steroid dienone is 21. The van der Waals surface area contributed by atoms with Gasteiger partial charge in [-0.3, -0.25) is 4.79 Å². The molecule has 0 aliphatic carbocycles. The van der Waals surface area contributed by atoms with Crippen molar-refractivity contribution in [3.8, 4) is 0 Å². The number of hydrogen-bond donors (Lipinski definition) is 0. The molecule has 0 saturated carbocycles. The van der Waals surface area contributed by atoms with Crippen molar-refractivity contribution in [2.75, 3.05) is 0 Å². The van der Waals surface area contributed by atoms with Gasteiger partial charge >= 0.3 is 0 Å². The van der Waals surface area contributed by atoms with Crippen LogP contribution in [0.15, 0.2) is 142 Å². The van der Waals surface area contributed by atoms with Gasteiger partial charge in [0.15, 0.2) is 5.78 Å². The summed E-state index contributed by atoms with van der Waals surface area (Å²) in [6.07, 6.45) is 37.9. The molecule has 2 heteroatoms. The van der Waals surface area contributed by atoms with E-state index in [-0.39, 0.29) is 17.5 Å². The molecule has 1 rings (SSSR count). The maximum Gasteiger partial charge on any atom is 0.159 e. The van der Waals surface area contributed by atoms with Gasteiger partial charge in [-0.05, 0) is 93.7 Å². The van der Waals surface area contributed by atoms with Crippen LogP contribution >= 0.6 is 0 Å². The summed E-state index contributed by atoms with van der Waals surface area (Å²) in [6.45, 7) is 20.7. The van der Waals surface area contributed by atoms with E-state index in [0.717, 1.165) is 29.6 Å². The zero-order chi connectivity index (χ0) is 31.5. The molecule has 0 aromatic carbocycles. The topological polar surface area (TPSA) is 26.3 Å². The number of carbonyl (C=O) groups excluding carboxylic acids is 1. The highest BCUT2D eigenvalue weighted by molar-refractivity contribution is 5.91. The van der Waals surface area contributed by atoms with E-state index in [0.29, 0.717) is 6.42 Å². The highest BCUT2D eigenvalue weighted by Crippen LogP contribution is 2.31. The van der Waals surface area contributed by atoms with Crippen molar-refractivity contribution >= 4 is 5.78 Å². The Morgan fingerprint density at radius 3 is 1.79 bits per heavy atom. The van der Waals surface area contributed by atoms with Crippen molar-refractivity contribution in [3.05, 3.63) is 142 Å². The average Bonchev–Trinajstić information content (AvgIpc) is 3.27. The summed E-state index contributed by atoms with van der Waals surface area (Å²) in [4.78, 5) is 11.9. The van der Waals surface area contributed by atoms with Crippen molar-refractivity contribution < 1.29 is 9.53 Å². The van der Waals surface area contributed by atoms with Gasteiger partial charge in [0.2, 0.25) is 0 Å². The number of ketones is 1. The van der Waals surface area contributed by atoms with Crippen molar-refractivity contribution in [2.24, 2.45) is 0 Å². The highest BCUT2D eigenvalue weighted by atomic mass is 16.5. The maximum atomic E-state index is 11.9. The van der Waals surface area contributed by atoms with Gasteiger partial charge in [-0.15, -0.1) is 0 Å². The lowest BCUT2D eigenvalue weighted by Gasteiger charge is -2.24. The SMILES string of the molecule is CC(C)=CCCC1(C)C=CC(/C(C)=C/C=C/C(C)=C/C=C/C=C(C)/C=C/C=C(C)/C=C/C=C(\C)CC(=O)C=C(C)C)O1. The molecule has 0 bridgehead atoms. The third-order valence-corrected chi connectivity index (χ3v) is 6.57. The third-order valence-electron chi connectivity index (χ3n) is 6.57. The summed E-state index contributed by atoms with van der Waals surface area (Å²) in [5.41, 5.74) is 7.97. The van der Waals surface area contributed by atoms with Gasteiger partial charge in [0.1, 0.15) is 0 Å². The van der Waals surface area contributed by atoms with Crippen LogP contribution < -0.4 is 0 Å². The lowest BCUT2D eigenvalue weighted by Crippen LogP contribution is -2.25. The fourth-order valence-electron chi connectivity index (χ4n) is 4.14. The standard InChI is InChI=1S/C40H54O2/c1-31(2)17-16-27-40(10)28-26-39(42-40)37(9)25-15-23-34(6)19-12-11-18-33(5)20-13-21-35(7)22-14-24-36(8)30-38(41)29-32(3)4/h11-15,17-26,28-29,39H,16,27,30H2,1-10H3/b12-11+,20-13+,22-14+,23-15+,33-18+,34-19+,35-21+,36-24+,37-25+. The Bertz CT molecular complexity index is 1270. The normalized spacial score (nSPS) is 21.0. The Hall–Kier alpha value is -3.49. The molecule has 0 aromatic heterocycles. The molecule has 42 heavy (non-hydrogen) atoms. The molecule has 0 radical (unpaired) electrons. The fraction of sp³-hybridized carbons (Fsp3) is 0.375. The van der Waals surface area contributed by atoms with Crippen molar-refractivity contribution in [3.63, 3.8) is 0 Å². The monoisotopic (exact) mass is 566 g/mol. The van der Waals surface area contributed by atoms with E-state index in [1.807, 2.05) is 32.9 Å². The molecular weight excluding hydrogens is 512 g/mol. The smallest absolute Gasteiger partial charge is 0.159 e. The Morgan fingerprint density at radius 2 is 1.24 bits per heavy atom. The first-order valence-corrected chi connectivity index (χ1v) is 15.0. The summed E-state index contributed by atoms with van der Waals surface area (Å²) >= 11 is 0. The van der Waals surface area contributed by atoms with Crippen LogP contribution in [0.1, 0.15) is 88.5 Å². The summed E-state index contributed by atoms with van der Waals surface area (Å²) in [5.74, 6) is 0.148. The minimum absolute atomic E-state index is 0.0435. The van der Waals surface area contributed by atoms with Gasteiger partial charge in [-0.1, -0.05) is 131 Å². The molecule has 0 amide bonds. The van der Waals surface area contributed by atoms with E-state index >= 15 is 0 Å². The first-order valence-electron chi connectivity index (χ1n) is 15.0. The van der Waals surface area contributed by atoms with E-state index in [1.54, 1.807) is 6.08 Å². The molecule has 1 heterocycles. The first-order chi connectivity index (χ1) is 19.8. The summed E-state index contributed by atoms with van der Waals surface area (Å²) in [6, 6.07) is 0. The van der Waals surface area contributed by atoms with Crippen molar-refractivity contribution in [1.82, 2.24) is 0 Å². The van der Waals surface area contributed by atoms with Crippen LogP contribution in [0, 0.1) is 0 Å². The lowest BCUT2D eigenvalue weighted by atomic mass is 10.00. The highest BCUT2D eigenvalue weighted by Gasteiger charge is 2.30. The number of carbonyl (C=O) groups is 1. The Morgan fingerprint density at radius 1 is 0.714 bits per heavy atom. The van der Waals surface area contributed by atoms with E-state index in [1.165, 1.54) is 22.3 Å². The van der Waals surface area contributed by atoms with E-state index < -0.39 is 0 Å². The van der Waals surface area contributed by atoms with Crippen LogP contribution in [-0.2, 0) is 9.53 Å². The lowest BCUT2D eigenvalue weighted by molar-refractivity contribution is -0.114. The van der Waals surface area contributed by atoms with Gasteiger partial charge in [-0.25, -0.2) is 0 Å². The second-order valence-electron chi connectivity index (χ2n) is 12.0. The quantitative estimate of drug-likeness (QED) is 0.112. The van der Waals surface area contributed by atoms with Crippen molar-refractivity contribution in [2.45, 2.75) is 100 Å². The Balaban J connectivity index is 2.56. The molecule has 2 atom stereocenters. The van der Waals surface area contributed by atoms with Crippen LogP contribution in [0.3, 0.4) is 0 Å². The van der Waals surface area contributed by atoms with Gasteiger partial charge in [0, 0.05) is 6.42 Å². The second kappa shape index (κ2) is 19.6. The van der Waals surface area contributed by atoms with Crippen LogP contribution in [-0.4, -0.2) is 17.5 Å². The zero-order valence-electron chi connectivity index (χ0n) is 27.8. The van der Waals surface area contributed by atoms with E-state index in [2.05, 4.69) is 134 Å². The second-order valence-corrected chi connectivity index (χ2v) is 12.0. The van der Waals surface area contributed by atoms with Gasteiger partial charge in [0.25, 0.3) is 0 Å². The minimum atomic E-state index is -0.186. The third kappa shape index (κ3) is 17.4. The van der Waals surface area contributed by atoms with Crippen LogP contribution in [0.2, 0.25) is 0 Å². The molecule has 0 saturated heterocycles. The summed E-state index contributed by atoms with van der Waals surface area (Å²) < 4.78 is 6.34. The molecule has 0 N–H and O–H groups in total. The predicted molar refractivity (Wildman–Crippen MR) is 185 cm³/mol. The molecule has 1 aliphatic rings. The van der Waals surface area contributed by atoms with Crippen LogP contribution in [0.4, 0.5) is 0 Å². The Labute approximate surface area is 257 Å². The zero-order valence-corrected chi connectivity index (χ0v) is 27.8. The number of rotatable bonds is 15. The molecular formula is C40H54O2. The Kier molecular flexibility index (Phi) is 17.0. The van der Waals surface area contributed by atoms with Crippen LogP contribution in [0.5, 0.6) is 0 Å².